The smallest absolute Gasteiger partial charge is 0.337 e. The molecule has 0 aliphatic heterocycles. The molecule has 92 valence electrons. The van der Waals surface area contributed by atoms with Gasteiger partial charge < -0.3 is 10.2 Å². The van der Waals surface area contributed by atoms with Crippen LogP contribution >= 0.6 is 0 Å². The van der Waals surface area contributed by atoms with Crippen molar-refractivity contribution in [2.24, 2.45) is 0 Å². The van der Waals surface area contributed by atoms with E-state index in [9.17, 15) is 9.59 Å². The summed E-state index contributed by atoms with van der Waals surface area (Å²) in [6.07, 6.45) is 1.28. The lowest BCUT2D eigenvalue weighted by atomic mass is 10.2. The van der Waals surface area contributed by atoms with Crippen molar-refractivity contribution in [2.75, 3.05) is 0 Å². The summed E-state index contributed by atoms with van der Waals surface area (Å²) in [6, 6.07) is 9.13. The second-order valence-corrected chi connectivity index (χ2v) is 3.76. The Morgan fingerprint density at radius 3 is 2.33 bits per heavy atom. The Labute approximate surface area is 103 Å². The van der Waals surface area contributed by atoms with Gasteiger partial charge in [-0.05, 0) is 23.8 Å². The van der Waals surface area contributed by atoms with E-state index >= 15 is 0 Å². The Morgan fingerprint density at radius 1 is 1.11 bits per heavy atom. The molecule has 18 heavy (non-hydrogen) atoms. The Bertz CT molecular complexity index is 628. The Balaban J connectivity index is 2.51. The van der Waals surface area contributed by atoms with Crippen molar-refractivity contribution in [3.63, 3.8) is 0 Å². The molecule has 2 rings (SSSR count). The predicted molar refractivity (Wildman–Crippen MR) is 64.9 cm³/mol. The summed E-state index contributed by atoms with van der Waals surface area (Å²) < 4.78 is 1.25. The van der Waals surface area contributed by atoms with Crippen LogP contribution in [0.15, 0.2) is 47.4 Å². The number of aliphatic hydroxyl groups excluding tert-OH is 1. The van der Waals surface area contributed by atoms with Gasteiger partial charge in [-0.15, -0.1) is 0 Å². The quantitative estimate of drug-likeness (QED) is 0.846. The number of pyridine rings is 1. The molecule has 0 spiro atoms. The predicted octanol–water partition coefficient (Wildman–Crippen LogP) is 1.03. The van der Waals surface area contributed by atoms with Crippen LogP contribution in [0.2, 0.25) is 0 Å². The van der Waals surface area contributed by atoms with Crippen LogP contribution in [-0.2, 0) is 6.61 Å². The van der Waals surface area contributed by atoms with Crippen molar-refractivity contribution in [1.29, 1.82) is 0 Å². The number of carboxylic acid groups (broad SMARTS) is 1. The Morgan fingerprint density at radius 2 is 1.78 bits per heavy atom. The van der Waals surface area contributed by atoms with Crippen LogP contribution in [0.25, 0.3) is 5.69 Å². The number of hydrogen-bond donors (Lipinski definition) is 2. The van der Waals surface area contributed by atoms with Gasteiger partial charge in [-0.25, -0.2) is 4.79 Å². The molecule has 1 aromatic heterocycles. The van der Waals surface area contributed by atoms with Gasteiger partial charge >= 0.3 is 5.97 Å². The molecule has 0 unspecified atom stereocenters. The lowest BCUT2D eigenvalue weighted by Crippen LogP contribution is -2.18. The van der Waals surface area contributed by atoms with E-state index in [2.05, 4.69) is 0 Å². The first kappa shape index (κ1) is 12.1. The van der Waals surface area contributed by atoms with E-state index in [0.717, 1.165) is 5.56 Å². The van der Waals surface area contributed by atoms with E-state index in [1.165, 1.54) is 22.9 Å². The van der Waals surface area contributed by atoms with Crippen LogP contribution in [0.5, 0.6) is 0 Å². The van der Waals surface area contributed by atoms with E-state index < -0.39 is 5.97 Å². The fourth-order valence-corrected chi connectivity index (χ4v) is 1.58. The fraction of sp³-hybridized carbons (Fsp3) is 0.0769. The second kappa shape index (κ2) is 4.85. The summed E-state index contributed by atoms with van der Waals surface area (Å²) in [5.74, 6) is -1.09. The molecule has 0 amide bonds. The standard InChI is InChI=1S/C13H11NO4/c15-8-9-1-4-11(5-2-9)14-7-10(13(17)18)3-6-12(14)16/h1-7,15H,8H2,(H,17,18). The maximum atomic E-state index is 11.7. The number of carboxylic acids is 1. The molecular weight excluding hydrogens is 234 g/mol. The topological polar surface area (TPSA) is 79.5 Å². The van der Waals surface area contributed by atoms with Crippen molar-refractivity contribution in [1.82, 2.24) is 4.57 Å². The van der Waals surface area contributed by atoms with E-state index in [0.29, 0.717) is 5.69 Å². The molecule has 1 aromatic carbocycles. The van der Waals surface area contributed by atoms with Gasteiger partial charge in [0.05, 0.1) is 12.2 Å². The van der Waals surface area contributed by atoms with Crippen LogP contribution < -0.4 is 5.56 Å². The molecule has 1 heterocycles. The summed E-state index contributed by atoms with van der Waals surface area (Å²) in [4.78, 5) is 22.5. The summed E-state index contributed by atoms with van der Waals surface area (Å²) in [5, 5.41) is 17.8. The SMILES string of the molecule is O=C(O)c1ccc(=O)n(-c2ccc(CO)cc2)c1. The third-order valence-electron chi connectivity index (χ3n) is 2.56. The monoisotopic (exact) mass is 245 g/mol. The molecule has 0 fully saturated rings. The van der Waals surface area contributed by atoms with E-state index in [1.807, 2.05) is 0 Å². The highest BCUT2D eigenvalue weighted by Crippen LogP contribution is 2.09. The number of aromatic nitrogens is 1. The lowest BCUT2D eigenvalue weighted by Gasteiger charge is -2.07. The van der Waals surface area contributed by atoms with E-state index in [4.69, 9.17) is 10.2 Å². The number of rotatable bonds is 3. The molecule has 0 atom stereocenters. The molecule has 0 radical (unpaired) electrons. The molecule has 2 aromatic rings. The van der Waals surface area contributed by atoms with Crippen molar-refractivity contribution < 1.29 is 15.0 Å². The van der Waals surface area contributed by atoms with Crippen LogP contribution in [0, 0.1) is 0 Å². The first-order valence-corrected chi connectivity index (χ1v) is 5.28. The van der Waals surface area contributed by atoms with Crippen LogP contribution in [0.4, 0.5) is 0 Å². The number of aromatic carboxylic acids is 1. The molecule has 0 aliphatic rings. The minimum absolute atomic E-state index is 0.0424. The minimum atomic E-state index is -1.09. The summed E-state index contributed by atoms with van der Waals surface area (Å²) >= 11 is 0. The zero-order valence-electron chi connectivity index (χ0n) is 9.41. The van der Waals surface area contributed by atoms with Crippen molar-refractivity contribution in [3.8, 4) is 5.69 Å². The number of aliphatic hydroxyl groups is 1. The maximum absolute atomic E-state index is 11.7. The average molecular weight is 245 g/mol. The summed E-state index contributed by atoms with van der Waals surface area (Å²) in [5.41, 5.74) is 1.01. The average Bonchev–Trinajstić information content (AvgIpc) is 2.39. The molecule has 5 nitrogen and oxygen atoms in total. The van der Waals surface area contributed by atoms with Gasteiger partial charge in [0.1, 0.15) is 0 Å². The first-order chi connectivity index (χ1) is 8.61. The van der Waals surface area contributed by atoms with Gasteiger partial charge in [-0.1, -0.05) is 12.1 Å². The number of benzene rings is 1. The summed E-state index contributed by atoms with van der Waals surface area (Å²) in [6.45, 7) is -0.0790. The van der Waals surface area contributed by atoms with Gasteiger partial charge in [-0.2, -0.15) is 0 Å². The molecule has 2 N–H and O–H groups in total. The van der Waals surface area contributed by atoms with Crippen LogP contribution in [-0.4, -0.2) is 20.7 Å². The molecule has 0 aliphatic carbocycles. The molecular formula is C13H11NO4. The minimum Gasteiger partial charge on any atom is -0.478 e. The van der Waals surface area contributed by atoms with Gasteiger partial charge in [0.15, 0.2) is 0 Å². The lowest BCUT2D eigenvalue weighted by molar-refractivity contribution is 0.0696. The molecule has 5 heteroatoms. The zero-order valence-corrected chi connectivity index (χ0v) is 9.41. The molecule has 0 saturated heterocycles. The van der Waals surface area contributed by atoms with Gasteiger partial charge in [0.2, 0.25) is 0 Å². The number of nitrogens with zero attached hydrogens (tertiary/aromatic N) is 1. The van der Waals surface area contributed by atoms with Gasteiger partial charge in [0.25, 0.3) is 5.56 Å². The zero-order chi connectivity index (χ0) is 13.1. The fourth-order valence-electron chi connectivity index (χ4n) is 1.58. The summed E-state index contributed by atoms with van der Waals surface area (Å²) in [7, 11) is 0. The van der Waals surface area contributed by atoms with Crippen LogP contribution in [0.3, 0.4) is 0 Å². The van der Waals surface area contributed by atoms with Gasteiger partial charge in [-0.3, -0.25) is 9.36 Å². The van der Waals surface area contributed by atoms with Crippen LogP contribution in [0.1, 0.15) is 15.9 Å². The molecule has 0 saturated carbocycles. The Kier molecular flexibility index (Phi) is 3.25. The Hall–Kier alpha value is -2.40. The van der Waals surface area contributed by atoms with E-state index in [-0.39, 0.29) is 17.7 Å². The number of hydrogen-bond acceptors (Lipinski definition) is 3. The molecule has 0 bridgehead atoms. The third kappa shape index (κ3) is 2.31. The van der Waals surface area contributed by atoms with E-state index in [1.54, 1.807) is 24.3 Å². The third-order valence-corrected chi connectivity index (χ3v) is 2.56. The van der Waals surface area contributed by atoms with Crippen molar-refractivity contribution in [3.05, 3.63) is 64.1 Å². The highest BCUT2D eigenvalue weighted by atomic mass is 16.4. The van der Waals surface area contributed by atoms with Gasteiger partial charge in [0, 0.05) is 18.0 Å². The van der Waals surface area contributed by atoms with Crippen molar-refractivity contribution in [2.45, 2.75) is 6.61 Å². The number of carbonyl (C=O) groups is 1. The highest BCUT2D eigenvalue weighted by Gasteiger charge is 2.06. The second-order valence-electron chi connectivity index (χ2n) is 3.76. The normalized spacial score (nSPS) is 10.3. The van der Waals surface area contributed by atoms with Crippen molar-refractivity contribution >= 4 is 5.97 Å². The highest BCUT2D eigenvalue weighted by molar-refractivity contribution is 5.87. The largest absolute Gasteiger partial charge is 0.478 e. The maximum Gasteiger partial charge on any atom is 0.337 e. The first-order valence-electron chi connectivity index (χ1n) is 5.28.